The molecule has 3 aromatic rings. The number of para-hydroxylation sites is 3. The minimum Gasteiger partial charge on any atom is -0.495 e. The van der Waals surface area contributed by atoms with Crippen molar-refractivity contribution < 1.29 is 14.3 Å². The minimum atomic E-state index is -0.378. The van der Waals surface area contributed by atoms with Gasteiger partial charge in [0.05, 0.1) is 12.8 Å². The number of hydrogen-bond acceptors (Lipinski definition) is 4. The lowest BCUT2D eigenvalue weighted by atomic mass is 10.1. The van der Waals surface area contributed by atoms with E-state index in [1.807, 2.05) is 37.3 Å². The number of benzene rings is 2. The lowest BCUT2D eigenvalue weighted by molar-refractivity contribution is 0.102. The standard InChI is InChI=1S/C21H19N3O3/c1-14-7-3-4-8-16(14)23-21(26)18-13-15(11-12-22-18)20(25)24-17-9-5-6-10-19(17)27-2/h3-13H,1-2H3,(H,23,26)(H,24,25). The zero-order chi connectivity index (χ0) is 19.2. The molecule has 6 heteroatoms. The number of aromatic nitrogens is 1. The second-order valence-electron chi connectivity index (χ2n) is 5.85. The van der Waals surface area contributed by atoms with E-state index in [2.05, 4.69) is 15.6 Å². The number of anilines is 2. The molecular formula is C21H19N3O3. The molecule has 0 unspecified atom stereocenters. The van der Waals surface area contributed by atoms with E-state index >= 15 is 0 Å². The van der Waals surface area contributed by atoms with Crippen molar-refractivity contribution >= 4 is 23.2 Å². The van der Waals surface area contributed by atoms with E-state index in [0.29, 0.717) is 22.7 Å². The maximum Gasteiger partial charge on any atom is 0.274 e. The van der Waals surface area contributed by atoms with E-state index in [-0.39, 0.29) is 17.5 Å². The fraction of sp³-hybridized carbons (Fsp3) is 0.0952. The van der Waals surface area contributed by atoms with Gasteiger partial charge in [-0.1, -0.05) is 30.3 Å². The lowest BCUT2D eigenvalue weighted by Gasteiger charge is -2.11. The predicted octanol–water partition coefficient (Wildman–Crippen LogP) is 3.90. The van der Waals surface area contributed by atoms with Crippen LogP contribution in [-0.2, 0) is 0 Å². The van der Waals surface area contributed by atoms with Crippen molar-refractivity contribution in [2.45, 2.75) is 6.92 Å². The highest BCUT2D eigenvalue weighted by Gasteiger charge is 2.14. The van der Waals surface area contributed by atoms with Gasteiger partial charge in [-0.2, -0.15) is 0 Å². The number of aryl methyl sites for hydroxylation is 1. The molecular weight excluding hydrogens is 342 g/mol. The molecule has 0 aliphatic heterocycles. The molecule has 0 bridgehead atoms. The van der Waals surface area contributed by atoms with Gasteiger partial charge in [-0.15, -0.1) is 0 Å². The number of amides is 2. The molecule has 0 aliphatic carbocycles. The molecule has 0 aliphatic rings. The van der Waals surface area contributed by atoms with Gasteiger partial charge < -0.3 is 15.4 Å². The molecule has 1 heterocycles. The average Bonchev–Trinajstić information content (AvgIpc) is 2.70. The van der Waals surface area contributed by atoms with E-state index in [0.717, 1.165) is 5.56 Å². The summed E-state index contributed by atoms with van der Waals surface area (Å²) >= 11 is 0. The second-order valence-corrected chi connectivity index (χ2v) is 5.85. The number of carbonyl (C=O) groups excluding carboxylic acids is 2. The average molecular weight is 361 g/mol. The Morgan fingerprint density at radius 1 is 0.889 bits per heavy atom. The van der Waals surface area contributed by atoms with Crippen LogP contribution in [0.1, 0.15) is 26.4 Å². The summed E-state index contributed by atoms with van der Waals surface area (Å²) in [5.74, 6) is -0.180. The molecule has 0 spiro atoms. The number of nitrogens with zero attached hydrogens (tertiary/aromatic N) is 1. The summed E-state index contributed by atoms with van der Waals surface area (Å²) in [6.07, 6.45) is 1.43. The molecule has 27 heavy (non-hydrogen) atoms. The van der Waals surface area contributed by atoms with Crippen LogP contribution in [0.5, 0.6) is 5.75 Å². The Labute approximate surface area is 157 Å². The number of ether oxygens (including phenoxy) is 1. The Kier molecular flexibility index (Phi) is 5.47. The summed E-state index contributed by atoms with van der Waals surface area (Å²) in [4.78, 5) is 29.1. The van der Waals surface area contributed by atoms with Crippen LogP contribution in [0.3, 0.4) is 0 Å². The highest BCUT2D eigenvalue weighted by molar-refractivity contribution is 6.08. The SMILES string of the molecule is COc1ccccc1NC(=O)c1ccnc(C(=O)Nc2ccccc2C)c1. The molecule has 3 rings (SSSR count). The van der Waals surface area contributed by atoms with Crippen LogP contribution in [0.25, 0.3) is 0 Å². The molecule has 2 amide bonds. The Morgan fingerprint density at radius 2 is 1.56 bits per heavy atom. The number of methoxy groups -OCH3 is 1. The first-order chi connectivity index (χ1) is 13.1. The van der Waals surface area contributed by atoms with Crippen LogP contribution in [0, 0.1) is 6.92 Å². The first kappa shape index (κ1) is 18.1. The molecule has 1 aromatic heterocycles. The van der Waals surface area contributed by atoms with E-state index in [4.69, 9.17) is 4.74 Å². The normalized spacial score (nSPS) is 10.1. The topological polar surface area (TPSA) is 80.3 Å². The van der Waals surface area contributed by atoms with Crippen molar-refractivity contribution in [2.24, 2.45) is 0 Å². The number of rotatable bonds is 5. The summed E-state index contributed by atoms with van der Waals surface area (Å²) in [7, 11) is 1.53. The fourth-order valence-corrected chi connectivity index (χ4v) is 2.54. The molecule has 0 saturated heterocycles. The fourth-order valence-electron chi connectivity index (χ4n) is 2.54. The molecule has 0 saturated carbocycles. The van der Waals surface area contributed by atoms with Gasteiger partial charge in [-0.25, -0.2) is 0 Å². The number of pyridine rings is 1. The maximum absolute atomic E-state index is 12.5. The van der Waals surface area contributed by atoms with Gasteiger partial charge in [-0.05, 0) is 42.8 Å². The van der Waals surface area contributed by atoms with Gasteiger partial charge in [0.15, 0.2) is 0 Å². The summed E-state index contributed by atoms with van der Waals surface area (Å²) in [6.45, 7) is 1.90. The Hall–Kier alpha value is -3.67. The maximum atomic E-state index is 12.5. The summed E-state index contributed by atoms with van der Waals surface area (Å²) in [6, 6.07) is 17.6. The van der Waals surface area contributed by atoms with Crippen molar-refractivity contribution in [1.29, 1.82) is 0 Å². The Morgan fingerprint density at radius 3 is 2.30 bits per heavy atom. The van der Waals surface area contributed by atoms with Gasteiger partial charge in [0.25, 0.3) is 11.8 Å². The van der Waals surface area contributed by atoms with Crippen LogP contribution < -0.4 is 15.4 Å². The van der Waals surface area contributed by atoms with Crippen LogP contribution in [0.2, 0.25) is 0 Å². The van der Waals surface area contributed by atoms with Crippen LogP contribution >= 0.6 is 0 Å². The van der Waals surface area contributed by atoms with Gasteiger partial charge in [-0.3, -0.25) is 14.6 Å². The largest absolute Gasteiger partial charge is 0.495 e. The first-order valence-electron chi connectivity index (χ1n) is 8.36. The first-order valence-corrected chi connectivity index (χ1v) is 8.36. The Bertz CT molecular complexity index is 986. The molecule has 136 valence electrons. The van der Waals surface area contributed by atoms with Crippen LogP contribution in [0.15, 0.2) is 66.9 Å². The highest BCUT2D eigenvalue weighted by Crippen LogP contribution is 2.23. The van der Waals surface area contributed by atoms with Gasteiger partial charge >= 0.3 is 0 Å². The van der Waals surface area contributed by atoms with E-state index < -0.39 is 0 Å². The number of carbonyl (C=O) groups is 2. The minimum absolute atomic E-state index is 0.158. The van der Waals surface area contributed by atoms with Gasteiger partial charge in [0.1, 0.15) is 11.4 Å². The van der Waals surface area contributed by atoms with E-state index in [9.17, 15) is 9.59 Å². The third-order valence-corrected chi connectivity index (χ3v) is 4.00. The summed E-state index contributed by atoms with van der Waals surface area (Å²) in [5, 5.41) is 5.59. The number of hydrogen-bond donors (Lipinski definition) is 2. The molecule has 0 atom stereocenters. The highest BCUT2D eigenvalue weighted by atomic mass is 16.5. The summed E-state index contributed by atoms with van der Waals surface area (Å²) in [5.41, 5.74) is 2.67. The quantitative estimate of drug-likeness (QED) is 0.722. The third-order valence-electron chi connectivity index (χ3n) is 4.00. The van der Waals surface area contributed by atoms with Crippen molar-refractivity contribution in [3.05, 3.63) is 83.7 Å². The number of nitrogens with one attached hydrogen (secondary N) is 2. The monoisotopic (exact) mass is 361 g/mol. The summed E-state index contributed by atoms with van der Waals surface area (Å²) < 4.78 is 5.23. The van der Waals surface area contributed by atoms with Gasteiger partial charge in [0.2, 0.25) is 0 Å². The van der Waals surface area contributed by atoms with Crippen molar-refractivity contribution in [3.8, 4) is 5.75 Å². The van der Waals surface area contributed by atoms with Crippen molar-refractivity contribution in [2.75, 3.05) is 17.7 Å². The van der Waals surface area contributed by atoms with E-state index in [1.54, 1.807) is 24.3 Å². The van der Waals surface area contributed by atoms with Crippen LogP contribution in [-0.4, -0.2) is 23.9 Å². The molecule has 0 fully saturated rings. The van der Waals surface area contributed by atoms with Crippen molar-refractivity contribution in [3.63, 3.8) is 0 Å². The Balaban J connectivity index is 1.77. The zero-order valence-electron chi connectivity index (χ0n) is 15.0. The molecule has 2 aromatic carbocycles. The van der Waals surface area contributed by atoms with E-state index in [1.165, 1.54) is 19.4 Å². The second kappa shape index (κ2) is 8.14. The lowest BCUT2D eigenvalue weighted by Crippen LogP contribution is -2.17. The predicted molar refractivity (Wildman–Crippen MR) is 104 cm³/mol. The van der Waals surface area contributed by atoms with Crippen molar-refractivity contribution in [1.82, 2.24) is 4.98 Å². The third kappa shape index (κ3) is 4.30. The molecule has 2 N–H and O–H groups in total. The zero-order valence-corrected chi connectivity index (χ0v) is 15.0. The molecule has 0 radical (unpaired) electrons. The molecule has 6 nitrogen and oxygen atoms in total. The van der Waals surface area contributed by atoms with Gasteiger partial charge in [0, 0.05) is 17.4 Å². The van der Waals surface area contributed by atoms with Crippen LogP contribution in [0.4, 0.5) is 11.4 Å². The smallest absolute Gasteiger partial charge is 0.274 e.